The topological polar surface area (TPSA) is 0 Å². The van der Waals surface area contributed by atoms with Crippen LogP contribution in [-0.2, 0) is 12.8 Å². The van der Waals surface area contributed by atoms with E-state index in [1.165, 1.54) is 25.3 Å². The Hall–Kier alpha value is -3.36. The fourth-order valence-electron chi connectivity index (χ4n) is 3.86. The van der Waals surface area contributed by atoms with Crippen molar-refractivity contribution in [3.05, 3.63) is 106 Å². The van der Waals surface area contributed by atoms with Gasteiger partial charge in [-0.05, 0) is 85.3 Å². The maximum Gasteiger partial charge on any atom is 0.139 e. The van der Waals surface area contributed by atoms with Crippen LogP contribution in [0, 0.1) is 35.3 Å². The van der Waals surface area contributed by atoms with Gasteiger partial charge in [-0.3, -0.25) is 0 Å². The van der Waals surface area contributed by atoms with Gasteiger partial charge in [0.05, 0.1) is 5.56 Å². The Labute approximate surface area is 209 Å². The van der Waals surface area contributed by atoms with E-state index in [-0.39, 0.29) is 11.6 Å². The van der Waals surface area contributed by atoms with Crippen molar-refractivity contribution in [3.8, 4) is 23.7 Å². The second kappa shape index (κ2) is 14.1. The van der Waals surface area contributed by atoms with Crippen LogP contribution in [0.1, 0.15) is 92.2 Å². The molecule has 35 heavy (non-hydrogen) atoms. The lowest BCUT2D eigenvalue weighted by Crippen LogP contribution is -1.92. The van der Waals surface area contributed by atoms with Gasteiger partial charge in [-0.2, -0.15) is 0 Å². The van der Waals surface area contributed by atoms with Crippen molar-refractivity contribution < 1.29 is 8.78 Å². The summed E-state index contributed by atoms with van der Waals surface area (Å²) in [6, 6.07) is 18.0. The lowest BCUT2D eigenvalue weighted by Gasteiger charge is -2.04. The SMILES string of the molecule is CCCCCCCc1ccc(C#Cc2ccc(C#Cc3ccc(CCCC)cc3F)cc2)cc1F. The van der Waals surface area contributed by atoms with Crippen LogP contribution in [0.3, 0.4) is 0 Å². The molecule has 0 aliphatic heterocycles. The molecule has 0 heterocycles. The number of benzene rings is 3. The lowest BCUT2D eigenvalue weighted by atomic mass is 10.0. The van der Waals surface area contributed by atoms with Crippen molar-refractivity contribution in [2.45, 2.75) is 71.6 Å². The molecule has 0 N–H and O–H groups in total. The van der Waals surface area contributed by atoms with Crippen LogP contribution in [0.5, 0.6) is 0 Å². The summed E-state index contributed by atoms with van der Waals surface area (Å²) < 4.78 is 28.7. The van der Waals surface area contributed by atoms with Crippen LogP contribution in [0.4, 0.5) is 8.78 Å². The predicted octanol–water partition coefficient (Wildman–Crippen LogP) is 8.62. The van der Waals surface area contributed by atoms with Gasteiger partial charge >= 0.3 is 0 Å². The minimum atomic E-state index is -0.275. The van der Waals surface area contributed by atoms with Gasteiger partial charge in [0, 0.05) is 16.7 Å². The van der Waals surface area contributed by atoms with E-state index < -0.39 is 0 Å². The highest BCUT2D eigenvalue weighted by Crippen LogP contribution is 2.15. The average Bonchev–Trinajstić information content (AvgIpc) is 2.87. The third-order valence-corrected chi connectivity index (χ3v) is 6.03. The Morgan fingerprint density at radius 1 is 0.543 bits per heavy atom. The van der Waals surface area contributed by atoms with Crippen molar-refractivity contribution in [1.29, 1.82) is 0 Å². The Kier molecular flexibility index (Phi) is 10.6. The van der Waals surface area contributed by atoms with E-state index in [9.17, 15) is 8.78 Å². The first-order valence-electron chi connectivity index (χ1n) is 12.8. The first-order valence-corrected chi connectivity index (χ1v) is 12.8. The molecule has 0 saturated heterocycles. The highest BCUT2D eigenvalue weighted by Gasteiger charge is 2.03. The molecule has 0 radical (unpaired) electrons. The summed E-state index contributed by atoms with van der Waals surface area (Å²) in [6.07, 6.45) is 9.66. The molecule has 0 amide bonds. The first-order chi connectivity index (χ1) is 17.1. The molecule has 180 valence electrons. The molecule has 0 fully saturated rings. The van der Waals surface area contributed by atoms with E-state index in [1.54, 1.807) is 12.1 Å². The zero-order valence-corrected chi connectivity index (χ0v) is 20.9. The summed E-state index contributed by atoms with van der Waals surface area (Å²) in [4.78, 5) is 0. The van der Waals surface area contributed by atoms with Crippen molar-refractivity contribution in [1.82, 2.24) is 0 Å². The molecule has 0 saturated carbocycles. The fraction of sp³-hybridized carbons (Fsp3) is 0.333. The molecule has 3 aromatic rings. The molecule has 3 rings (SSSR count). The molecular weight excluding hydrogens is 434 g/mol. The number of aryl methyl sites for hydroxylation is 2. The highest BCUT2D eigenvalue weighted by atomic mass is 19.1. The van der Waals surface area contributed by atoms with Gasteiger partial charge in [0.25, 0.3) is 0 Å². The minimum Gasteiger partial charge on any atom is -0.207 e. The second-order valence-corrected chi connectivity index (χ2v) is 8.97. The monoisotopic (exact) mass is 468 g/mol. The first kappa shape index (κ1) is 26.2. The third kappa shape index (κ3) is 8.73. The molecule has 0 atom stereocenters. The normalized spacial score (nSPS) is 10.3. The number of hydrogen-bond donors (Lipinski definition) is 0. The average molecular weight is 469 g/mol. The second-order valence-electron chi connectivity index (χ2n) is 8.97. The van der Waals surface area contributed by atoms with Crippen molar-refractivity contribution in [2.75, 3.05) is 0 Å². The van der Waals surface area contributed by atoms with Crippen LogP contribution in [0.25, 0.3) is 0 Å². The Morgan fingerprint density at radius 2 is 1.17 bits per heavy atom. The van der Waals surface area contributed by atoms with Crippen LogP contribution in [-0.4, -0.2) is 0 Å². The lowest BCUT2D eigenvalue weighted by molar-refractivity contribution is 0.587. The third-order valence-electron chi connectivity index (χ3n) is 6.03. The van der Waals surface area contributed by atoms with Gasteiger partial charge in [-0.15, -0.1) is 0 Å². The van der Waals surface area contributed by atoms with Gasteiger partial charge in [0.15, 0.2) is 0 Å². The molecule has 3 aromatic carbocycles. The summed E-state index contributed by atoms with van der Waals surface area (Å²) in [6.45, 7) is 4.32. The molecule has 0 aliphatic carbocycles. The van der Waals surface area contributed by atoms with Crippen LogP contribution < -0.4 is 0 Å². The van der Waals surface area contributed by atoms with E-state index in [4.69, 9.17) is 0 Å². The Balaban J connectivity index is 1.59. The summed E-state index contributed by atoms with van der Waals surface area (Å²) in [7, 11) is 0. The smallest absolute Gasteiger partial charge is 0.139 e. The molecule has 2 heteroatoms. The maximum atomic E-state index is 14.4. The summed E-state index contributed by atoms with van der Waals surface area (Å²) >= 11 is 0. The molecule has 0 nitrogen and oxygen atoms in total. The molecule has 0 bridgehead atoms. The molecule has 0 unspecified atom stereocenters. The molecule has 0 spiro atoms. The van der Waals surface area contributed by atoms with Crippen molar-refractivity contribution >= 4 is 0 Å². The van der Waals surface area contributed by atoms with Gasteiger partial charge in [-0.25, -0.2) is 8.78 Å². The van der Waals surface area contributed by atoms with Crippen molar-refractivity contribution in [2.24, 2.45) is 0 Å². The Morgan fingerprint density at radius 3 is 1.83 bits per heavy atom. The van der Waals surface area contributed by atoms with Gasteiger partial charge in [-0.1, -0.05) is 81.8 Å². The predicted molar refractivity (Wildman–Crippen MR) is 142 cm³/mol. The van der Waals surface area contributed by atoms with Crippen LogP contribution >= 0.6 is 0 Å². The summed E-state index contributed by atoms with van der Waals surface area (Å²) in [5.74, 6) is 11.6. The van der Waals surface area contributed by atoms with E-state index in [0.717, 1.165) is 60.8 Å². The van der Waals surface area contributed by atoms with E-state index in [1.807, 2.05) is 42.5 Å². The summed E-state index contributed by atoms with van der Waals surface area (Å²) in [5, 5.41) is 0. The fourth-order valence-corrected chi connectivity index (χ4v) is 3.86. The highest BCUT2D eigenvalue weighted by molar-refractivity contribution is 5.48. The quantitative estimate of drug-likeness (QED) is 0.218. The zero-order chi connectivity index (χ0) is 24.9. The van der Waals surface area contributed by atoms with E-state index in [2.05, 4.69) is 37.5 Å². The van der Waals surface area contributed by atoms with Gasteiger partial charge in [0.2, 0.25) is 0 Å². The minimum absolute atomic E-state index is 0.177. The van der Waals surface area contributed by atoms with Crippen LogP contribution in [0.15, 0.2) is 60.7 Å². The molecule has 0 aliphatic rings. The maximum absolute atomic E-state index is 14.4. The van der Waals surface area contributed by atoms with Gasteiger partial charge < -0.3 is 0 Å². The van der Waals surface area contributed by atoms with E-state index in [0.29, 0.717) is 11.1 Å². The largest absolute Gasteiger partial charge is 0.207 e. The number of rotatable bonds is 9. The van der Waals surface area contributed by atoms with E-state index >= 15 is 0 Å². The zero-order valence-electron chi connectivity index (χ0n) is 20.9. The Bertz CT molecular complexity index is 1210. The number of unbranched alkanes of at least 4 members (excludes halogenated alkanes) is 5. The number of hydrogen-bond acceptors (Lipinski definition) is 0. The van der Waals surface area contributed by atoms with Gasteiger partial charge in [0.1, 0.15) is 11.6 Å². The standard InChI is InChI=1S/C33H34F2/c1-3-5-7-8-9-11-30-22-20-29(25-32(30)34)17-16-26-12-14-27(15-13-26)18-21-31-23-19-28(10-6-4-2)24-33(31)35/h12-15,19-20,22-25H,3-11H2,1-2H3. The number of halogens is 2. The van der Waals surface area contributed by atoms with Crippen molar-refractivity contribution in [3.63, 3.8) is 0 Å². The summed E-state index contributed by atoms with van der Waals surface area (Å²) in [5.41, 5.74) is 4.46. The van der Waals surface area contributed by atoms with Crippen LogP contribution in [0.2, 0.25) is 0 Å². The molecule has 0 aromatic heterocycles. The molecular formula is C33H34F2.